The molecule has 3 heterocycles. The summed E-state index contributed by atoms with van der Waals surface area (Å²) >= 11 is 0. The van der Waals surface area contributed by atoms with Gasteiger partial charge in [-0.25, -0.2) is 0 Å². The Kier molecular flexibility index (Phi) is 2.42. The Morgan fingerprint density at radius 1 is 1.27 bits per heavy atom. The quantitative estimate of drug-likeness (QED) is 0.750. The summed E-state index contributed by atoms with van der Waals surface area (Å²) in [6, 6.07) is 9.72. The maximum atomic E-state index is 12.0. The Bertz CT molecular complexity index is 826. The molecule has 0 saturated heterocycles. The molecule has 2 aliphatic heterocycles. The van der Waals surface area contributed by atoms with Gasteiger partial charge in [0.05, 0.1) is 17.4 Å². The van der Waals surface area contributed by atoms with E-state index in [1.54, 1.807) is 19.3 Å². The van der Waals surface area contributed by atoms with Gasteiger partial charge in [-0.3, -0.25) is 9.78 Å². The molecule has 4 rings (SSSR count). The Balaban J connectivity index is 1.74. The van der Waals surface area contributed by atoms with Crippen LogP contribution in [0, 0.1) is 11.3 Å². The van der Waals surface area contributed by atoms with E-state index < -0.39 is 5.41 Å². The molecule has 2 atom stereocenters. The van der Waals surface area contributed by atoms with E-state index >= 15 is 0 Å². The van der Waals surface area contributed by atoms with E-state index in [1.807, 2.05) is 24.3 Å². The van der Waals surface area contributed by atoms with E-state index in [0.717, 1.165) is 16.9 Å². The number of anilines is 3. The van der Waals surface area contributed by atoms with Crippen molar-refractivity contribution in [2.45, 2.75) is 18.5 Å². The van der Waals surface area contributed by atoms with Crippen molar-refractivity contribution >= 4 is 23.0 Å². The number of nitrogens with zero attached hydrogens (tertiary/aromatic N) is 2. The molecule has 0 bridgehead atoms. The van der Waals surface area contributed by atoms with E-state index in [-0.39, 0.29) is 12.1 Å². The summed E-state index contributed by atoms with van der Waals surface area (Å²) in [5.41, 5.74) is 3.05. The van der Waals surface area contributed by atoms with E-state index in [1.165, 1.54) is 0 Å². The normalized spacial score (nSPS) is 24.5. The van der Waals surface area contributed by atoms with Gasteiger partial charge in [0, 0.05) is 29.2 Å². The maximum Gasteiger partial charge on any atom is 0.249 e. The molecule has 2 unspecified atom stereocenters. The Hall–Kier alpha value is -3.07. The van der Waals surface area contributed by atoms with Crippen molar-refractivity contribution in [2.24, 2.45) is 0 Å². The average Bonchev–Trinajstić information content (AvgIpc) is 3.06. The Morgan fingerprint density at radius 3 is 2.73 bits per heavy atom. The summed E-state index contributed by atoms with van der Waals surface area (Å²) in [5, 5.41) is 18.9. The third-order valence-corrected chi connectivity index (χ3v) is 4.24. The number of benzene rings is 1. The molecule has 2 aromatic rings. The highest BCUT2D eigenvalue weighted by atomic mass is 16.2. The highest BCUT2D eigenvalue weighted by molar-refractivity contribution is 6.09. The first-order valence-corrected chi connectivity index (χ1v) is 6.96. The largest absolute Gasteiger partial charge is 0.360 e. The summed E-state index contributed by atoms with van der Waals surface area (Å²) in [5.74, 6) is -0.280. The van der Waals surface area contributed by atoms with Crippen molar-refractivity contribution in [3.8, 4) is 6.07 Å². The number of aromatic nitrogens is 1. The van der Waals surface area contributed by atoms with Crippen LogP contribution in [0.4, 0.5) is 17.1 Å². The summed E-state index contributed by atoms with van der Waals surface area (Å²) in [6.45, 7) is 1.64. The van der Waals surface area contributed by atoms with Crippen molar-refractivity contribution < 1.29 is 4.79 Å². The molecule has 0 saturated carbocycles. The molecule has 108 valence electrons. The Labute approximate surface area is 127 Å². The van der Waals surface area contributed by atoms with Crippen molar-refractivity contribution in [1.82, 2.24) is 4.98 Å². The number of nitriles is 1. The van der Waals surface area contributed by atoms with Gasteiger partial charge in [0.2, 0.25) is 5.91 Å². The van der Waals surface area contributed by atoms with Crippen molar-refractivity contribution in [2.75, 3.05) is 16.0 Å². The van der Waals surface area contributed by atoms with Crippen LogP contribution in [0.5, 0.6) is 0 Å². The van der Waals surface area contributed by atoms with Crippen LogP contribution >= 0.6 is 0 Å². The fourth-order valence-corrected chi connectivity index (χ4v) is 2.90. The van der Waals surface area contributed by atoms with Crippen molar-refractivity contribution in [1.29, 1.82) is 5.26 Å². The molecule has 6 nitrogen and oxygen atoms in total. The van der Waals surface area contributed by atoms with Gasteiger partial charge < -0.3 is 16.0 Å². The molecule has 0 radical (unpaired) electrons. The van der Waals surface area contributed by atoms with Crippen molar-refractivity contribution in [3.05, 3.63) is 47.8 Å². The highest BCUT2D eigenvalue weighted by Crippen LogP contribution is 2.45. The van der Waals surface area contributed by atoms with Crippen LogP contribution in [0.15, 0.2) is 36.7 Å². The predicted molar refractivity (Wildman–Crippen MR) is 82.3 cm³/mol. The van der Waals surface area contributed by atoms with Gasteiger partial charge in [-0.15, -0.1) is 0 Å². The van der Waals surface area contributed by atoms with Crippen LogP contribution in [0.3, 0.4) is 0 Å². The SMILES string of the molecule is CC1(C#N)C(=O)Nc2cc3c(cc21)NC(c1cccnc1)N3. The number of carbonyl (C=O) groups excluding carboxylic acids is 1. The molecule has 1 aromatic heterocycles. The summed E-state index contributed by atoms with van der Waals surface area (Å²) < 4.78 is 0. The molecule has 0 aliphatic carbocycles. The van der Waals surface area contributed by atoms with Gasteiger partial charge in [0.1, 0.15) is 6.17 Å². The monoisotopic (exact) mass is 291 g/mol. The van der Waals surface area contributed by atoms with Crippen LogP contribution in [0.25, 0.3) is 0 Å². The highest BCUT2D eigenvalue weighted by Gasteiger charge is 2.44. The molecule has 0 fully saturated rings. The Morgan fingerprint density at radius 2 is 2.05 bits per heavy atom. The lowest BCUT2D eigenvalue weighted by Gasteiger charge is -2.13. The fourth-order valence-electron chi connectivity index (χ4n) is 2.90. The summed E-state index contributed by atoms with van der Waals surface area (Å²) in [7, 11) is 0. The second-order valence-electron chi connectivity index (χ2n) is 5.64. The molecular weight excluding hydrogens is 278 g/mol. The number of amides is 1. The van der Waals surface area contributed by atoms with Gasteiger partial charge >= 0.3 is 0 Å². The molecule has 2 aliphatic rings. The van der Waals surface area contributed by atoms with E-state index in [0.29, 0.717) is 11.3 Å². The lowest BCUT2D eigenvalue weighted by Crippen LogP contribution is -2.28. The number of nitrogens with one attached hydrogen (secondary N) is 3. The zero-order chi connectivity index (χ0) is 15.3. The fraction of sp³-hybridized carbons (Fsp3) is 0.188. The molecule has 1 aromatic carbocycles. The van der Waals surface area contributed by atoms with Crippen LogP contribution in [-0.2, 0) is 10.2 Å². The van der Waals surface area contributed by atoms with Crippen LogP contribution in [0.2, 0.25) is 0 Å². The predicted octanol–water partition coefficient (Wildman–Crippen LogP) is 2.35. The van der Waals surface area contributed by atoms with Crippen LogP contribution < -0.4 is 16.0 Å². The number of carbonyl (C=O) groups is 1. The number of hydrogen-bond acceptors (Lipinski definition) is 5. The maximum absolute atomic E-state index is 12.0. The molecular formula is C16H13N5O. The van der Waals surface area contributed by atoms with Crippen LogP contribution in [0.1, 0.15) is 24.2 Å². The minimum absolute atomic E-state index is 0.0738. The minimum atomic E-state index is -1.14. The number of fused-ring (bicyclic) bond motifs is 2. The number of rotatable bonds is 1. The molecule has 6 heteroatoms. The van der Waals surface area contributed by atoms with E-state index in [2.05, 4.69) is 27.0 Å². The second kappa shape index (κ2) is 4.21. The zero-order valence-electron chi connectivity index (χ0n) is 11.8. The topological polar surface area (TPSA) is 89.8 Å². The van der Waals surface area contributed by atoms with Gasteiger partial charge in [-0.2, -0.15) is 5.26 Å². The number of pyridine rings is 1. The first kappa shape index (κ1) is 12.7. The standard InChI is InChI=1S/C16H13N5O/c1-16(8-17)10-5-12-13(6-11(10)21-15(16)22)20-14(19-12)9-3-2-4-18-7-9/h2-7,14,19-20H,1H3,(H,21,22). The van der Waals surface area contributed by atoms with Crippen LogP contribution in [-0.4, -0.2) is 10.9 Å². The first-order valence-electron chi connectivity index (χ1n) is 6.96. The van der Waals surface area contributed by atoms with Gasteiger partial charge in [-0.1, -0.05) is 6.07 Å². The molecule has 1 amide bonds. The molecule has 3 N–H and O–H groups in total. The third-order valence-electron chi connectivity index (χ3n) is 4.24. The molecule has 22 heavy (non-hydrogen) atoms. The molecule has 0 spiro atoms. The lowest BCUT2D eigenvalue weighted by molar-refractivity contribution is -0.118. The second-order valence-corrected chi connectivity index (χ2v) is 5.64. The summed E-state index contributed by atoms with van der Waals surface area (Å²) in [4.78, 5) is 16.1. The lowest BCUT2D eigenvalue weighted by atomic mass is 9.85. The van der Waals surface area contributed by atoms with Gasteiger partial charge in [0.15, 0.2) is 5.41 Å². The zero-order valence-corrected chi connectivity index (χ0v) is 11.8. The average molecular weight is 291 g/mol. The van der Waals surface area contributed by atoms with E-state index in [4.69, 9.17) is 0 Å². The number of hydrogen-bond donors (Lipinski definition) is 3. The smallest absolute Gasteiger partial charge is 0.249 e. The first-order chi connectivity index (χ1) is 10.6. The van der Waals surface area contributed by atoms with E-state index in [9.17, 15) is 10.1 Å². The van der Waals surface area contributed by atoms with Gasteiger partial charge in [-0.05, 0) is 25.1 Å². The van der Waals surface area contributed by atoms with Crippen molar-refractivity contribution in [3.63, 3.8) is 0 Å². The van der Waals surface area contributed by atoms with Gasteiger partial charge in [0.25, 0.3) is 0 Å². The third kappa shape index (κ3) is 1.59. The minimum Gasteiger partial charge on any atom is -0.360 e. The summed E-state index contributed by atoms with van der Waals surface area (Å²) in [6.07, 6.45) is 3.45.